The zero-order valence-corrected chi connectivity index (χ0v) is 15.9. The van der Waals surface area contributed by atoms with E-state index in [1.807, 2.05) is 49.1 Å². The molecular weight excluding hydrogens is 330 g/mol. The van der Waals surface area contributed by atoms with Crippen molar-refractivity contribution in [3.63, 3.8) is 0 Å². The minimum Gasteiger partial charge on any atom is -0.494 e. The van der Waals surface area contributed by atoms with Gasteiger partial charge in [0, 0.05) is 38.6 Å². The first-order valence-corrected chi connectivity index (χ1v) is 9.65. The quantitative estimate of drug-likeness (QED) is 0.724. The van der Waals surface area contributed by atoms with Crippen LogP contribution < -0.4 is 10.1 Å². The van der Waals surface area contributed by atoms with Crippen LogP contribution in [0, 0.1) is 0 Å². The monoisotopic (exact) mass is 361 g/mol. The maximum atomic E-state index is 12.3. The average Bonchev–Trinajstić information content (AvgIpc) is 2.67. The molecule has 1 aromatic rings. The van der Waals surface area contributed by atoms with Gasteiger partial charge in [-0.1, -0.05) is 18.2 Å². The highest BCUT2D eigenvalue weighted by atomic mass is 16.5. The van der Waals surface area contributed by atoms with Crippen molar-refractivity contribution >= 4 is 11.9 Å². The van der Waals surface area contributed by atoms with E-state index in [9.17, 15) is 9.59 Å². The molecule has 0 spiro atoms. The topological polar surface area (TPSA) is 61.9 Å². The van der Waals surface area contributed by atoms with Gasteiger partial charge in [0.1, 0.15) is 5.75 Å². The third-order valence-corrected chi connectivity index (χ3v) is 4.77. The number of carbonyl (C=O) groups is 2. The molecule has 26 heavy (non-hydrogen) atoms. The van der Waals surface area contributed by atoms with Crippen LogP contribution in [0.25, 0.3) is 0 Å². The Hall–Kier alpha value is -2.24. The molecule has 1 fully saturated rings. The normalized spacial score (nSPS) is 14.8. The highest BCUT2D eigenvalue weighted by Gasteiger charge is 2.24. The van der Waals surface area contributed by atoms with E-state index in [1.165, 1.54) is 0 Å². The summed E-state index contributed by atoms with van der Waals surface area (Å²) < 4.78 is 5.63. The van der Waals surface area contributed by atoms with E-state index in [-0.39, 0.29) is 18.0 Å². The molecule has 1 saturated heterocycles. The zero-order valence-electron chi connectivity index (χ0n) is 15.9. The van der Waals surface area contributed by atoms with E-state index in [0.717, 1.165) is 18.6 Å². The standard InChI is InChI=1S/C20H31N3O3/c1-3-22(4-2)20(25)21-17-12-14-23(15-13-17)19(24)11-8-16-26-18-9-6-5-7-10-18/h5-7,9-10,17H,3-4,8,11-16H2,1-2H3,(H,21,25). The van der Waals surface area contributed by atoms with Gasteiger partial charge in [-0.3, -0.25) is 4.79 Å². The molecule has 6 nitrogen and oxygen atoms in total. The molecule has 1 aromatic carbocycles. The Bertz CT molecular complexity index is 553. The number of nitrogens with zero attached hydrogens (tertiary/aromatic N) is 2. The first kappa shape index (κ1) is 20.1. The third-order valence-electron chi connectivity index (χ3n) is 4.77. The van der Waals surface area contributed by atoms with Crippen molar-refractivity contribution in [2.45, 2.75) is 45.6 Å². The number of carbonyl (C=O) groups excluding carboxylic acids is 2. The summed E-state index contributed by atoms with van der Waals surface area (Å²) in [5, 5.41) is 3.08. The predicted molar refractivity (Wildman–Crippen MR) is 102 cm³/mol. The summed E-state index contributed by atoms with van der Waals surface area (Å²) in [6.45, 7) is 7.35. The summed E-state index contributed by atoms with van der Waals surface area (Å²) in [5.74, 6) is 1.01. The van der Waals surface area contributed by atoms with E-state index in [2.05, 4.69) is 5.32 Å². The molecule has 2 rings (SSSR count). The second kappa shape index (κ2) is 10.7. The number of benzene rings is 1. The lowest BCUT2D eigenvalue weighted by atomic mass is 10.0. The minimum absolute atomic E-state index is 0.00200. The van der Waals surface area contributed by atoms with Crippen molar-refractivity contribution in [1.82, 2.24) is 15.1 Å². The van der Waals surface area contributed by atoms with Gasteiger partial charge in [-0.15, -0.1) is 0 Å². The van der Waals surface area contributed by atoms with E-state index < -0.39 is 0 Å². The molecule has 0 saturated carbocycles. The van der Waals surface area contributed by atoms with Gasteiger partial charge in [-0.2, -0.15) is 0 Å². The average molecular weight is 361 g/mol. The van der Waals surface area contributed by atoms with Crippen molar-refractivity contribution in [1.29, 1.82) is 0 Å². The second-order valence-corrected chi connectivity index (χ2v) is 6.54. The highest BCUT2D eigenvalue weighted by molar-refractivity contribution is 5.76. The van der Waals surface area contributed by atoms with Crippen molar-refractivity contribution in [2.24, 2.45) is 0 Å². The molecule has 0 atom stereocenters. The molecule has 1 aliphatic rings. The molecule has 3 amide bonds. The first-order chi connectivity index (χ1) is 12.6. The molecule has 1 N–H and O–H groups in total. The number of hydrogen-bond donors (Lipinski definition) is 1. The number of piperidine rings is 1. The van der Waals surface area contributed by atoms with E-state index in [0.29, 0.717) is 45.6 Å². The Morgan fingerprint density at radius 3 is 2.42 bits per heavy atom. The first-order valence-electron chi connectivity index (χ1n) is 9.65. The second-order valence-electron chi connectivity index (χ2n) is 6.54. The summed E-state index contributed by atoms with van der Waals surface area (Å²) in [6.07, 6.45) is 2.86. The fraction of sp³-hybridized carbons (Fsp3) is 0.600. The van der Waals surface area contributed by atoms with Crippen LogP contribution in [-0.4, -0.2) is 60.6 Å². The molecule has 6 heteroatoms. The lowest BCUT2D eigenvalue weighted by Gasteiger charge is -2.33. The number of para-hydroxylation sites is 1. The van der Waals surface area contributed by atoms with E-state index in [1.54, 1.807) is 4.90 Å². The Morgan fingerprint density at radius 1 is 1.15 bits per heavy atom. The lowest BCUT2D eigenvalue weighted by molar-refractivity contribution is -0.132. The maximum absolute atomic E-state index is 12.3. The van der Waals surface area contributed by atoms with Crippen molar-refractivity contribution in [2.75, 3.05) is 32.8 Å². The molecule has 0 unspecified atom stereocenters. The van der Waals surface area contributed by atoms with Crippen molar-refractivity contribution < 1.29 is 14.3 Å². The molecule has 144 valence electrons. The van der Waals surface area contributed by atoms with E-state index in [4.69, 9.17) is 4.74 Å². The largest absolute Gasteiger partial charge is 0.494 e. The van der Waals surface area contributed by atoms with Gasteiger partial charge in [0.2, 0.25) is 5.91 Å². The third kappa shape index (κ3) is 6.24. The van der Waals surface area contributed by atoms with Gasteiger partial charge >= 0.3 is 6.03 Å². The van der Waals surface area contributed by atoms with Gasteiger partial charge in [-0.05, 0) is 45.2 Å². The lowest BCUT2D eigenvalue weighted by Crippen LogP contribution is -2.50. The summed E-state index contributed by atoms with van der Waals surface area (Å²) >= 11 is 0. The number of likely N-dealkylation sites (tertiary alicyclic amines) is 1. The van der Waals surface area contributed by atoms with Crippen LogP contribution in [0.5, 0.6) is 5.75 Å². The van der Waals surface area contributed by atoms with Crippen molar-refractivity contribution in [3.05, 3.63) is 30.3 Å². The van der Waals surface area contributed by atoms with Crippen LogP contribution in [0.4, 0.5) is 4.79 Å². The maximum Gasteiger partial charge on any atom is 0.317 e. The predicted octanol–water partition coefficient (Wildman–Crippen LogP) is 2.89. The molecule has 1 heterocycles. The number of ether oxygens (including phenoxy) is 1. The number of hydrogen-bond acceptors (Lipinski definition) is 3. The van der Waals surface area contributed by atoms with Crippen molar-refractivity contribution in [3.8, 4) is 5.75 Å². The zero-order chi connectivity index (χ0) is 18.8. The Morgan fingerprint density at radius 2 is 1.81 bits per heavy atom. The van der Waals surface area contributed by atoms with Gasteiger partial charge in [0.25, 0.3) is 0 Å². The Kier molecular flexibility index (Phi) is 8.25. The minimum atomic E-state index is -0.00200. The van der Waals surface area contributed by atoms with Crippen LogP contribution in [-0.2, 0) is 4.79 Å². The number of rotatable bonds is 8. The van der Waals surface area contributed by atoms with Crippen LogP contribution >= 0.6 is 0 Å². The van der Waals surface area contributed by atoms with Crippen LogP contribution in [0.1, 0.15) is 39.5 Å². The molecule has 1 aliphatic heterocycles. The molecular formula is C20H31N3O3. The summed E-state index contributed by atoms with van der Waals surface area (Å²) in [6, 6.07) is 9.81. The summed E-state index contributed by atoms with van der Waals surface area (Å²) in [7, 11) is 0. The summed E-state index contributed by atoms with van der Waals surface area (Å²) in [4.78, 5) is 28.1. The van der Waals surface area contributed by atoms with E-state index >= 15 is 0 Å². The van der Waals surface area contributed by atoms with Crippen LogP contribution in [0.3, 0.4) is 0 Å². The van der Waals surface area contributed by atoms with Crippen LogP contribution in [0.2, 0.25) is 0 Å². The molecule has 0 radical (unpaired) electrons. The molecule has 0 aromatic heterocycles. The number of amides is 3. The number of nitrogens with one attached hydrogen (secondary N) is 1. The fourth-order valence-corrected chi connectivity index (χ4v) is 3.14. The van der Waals surface area contributed by atoms with Gasteiger partial charge in [0.05, 0.1) is 6.61 Å². The Labute approximate surface area is 156 Å². The molecule has 0 aliphatic carbocycles. The molecule has 0 bridgehead atoms. The number of urea groups is 1. The van der Waals surface area contributed by atoms with Crippen LogP contribution in [0.15, 0.2) is 30.3 Å². The van der Waals surface area contributed by atoms with Gasteiger partial charge in [-0.25, -0.2) is 4.79 Å². The van der Waals surface area contributed by atoms with Gasteiger partial charge < -0.3 is 19.9 Å². The van der Waals surface area contributed by atoms with Gasteiger partial charge in [0.15, 0.2) is 0 Å². The highest BCUT2D eigenvalue weighted by Crippen LogP contribution is 2.13. The SMILES string of the molecule is CCN(CC)C(=O)NC1CCN(C(=O)CCCOc2ccccc2)CC1. The Balaban J connectivity index is 1.62. The fourth-order valence-electron chi connectivity index (χ4n) is 3.14. The summed E-state index contributed by atoms with van der Waals surface area (Å²) in [5.41, 5.74) is 0. The smallest absolute Gasteiger partial charge is 0.317 e.